The molecule has 0 spiro atoms. The van der Waals surface area contributed by atoms with E-state index in [2.05, 4.69) is 19.1 Å². The summed E-state index contributed by atoms with van der Waals surface area (Å²) in [7, 11) is 0.964. The van der Waals surface area contributed by atoms with Gasteiger partial charge >= 0.3 is 7.60 Å². The Morgan fingerprint density at radius 1 is 0.733 bits per heavy atom. The number of quaternary nitrogens is 1. The number of rotatable bonds is 20. The average Bonchev–Trinajstić information content (AvgIpc) is 2.62. The van der Waals surface area contributed by atoms with Crippen LogP contribution in [0.1, 0.15) is 110 Å². The Hall–Kier alpha value is -0.190. The molecule has 0 aromatic carbocycles. The molecule has 0 amide bonds. The number of unbranched alkanes of at least 4 members (excludes halogenated alkanes) is 13. The molecule has 0 bridgehead atoms. The van der Waals surface area contributed by atoms with Crippen molar-refractivity contribution in [2.45, 2.75) is 115 Å². The van der Waals surface area contributed by atoms with Crippen LogP contribution in [0.25, 0.3) is 0 Å². The van der Waals surface area contributed by atoms with Crippen LogP contribution in [-0.4, -0.2) is 52.4 Å². The van der Waals surface area contributed by atoms with Crippen molar-refractivity contribution in [3.8, 4) is 0 Å². The van der Waals surface area contributed by atoms with Gasteiger partial charge in [-0.15, -0.1) is 0 Å². The zero-order chi connectivity index (χ0) is 22.9. The molecular formula is C24H51NO4P+. The van der Waals surface area contributed by atoms with Crippen molar-refractivity contribution in [2.75, 3.05) is 27.7 Å². The Morgan fingerprint density at radius 2 is 1.13 bits per heavy atom. The first-order chi connectivity index (χ1) is 14.0. The molecule has 0 aliphatic carbocycles. The van der Waals surface area contributed by atoms with Gasteiger partial charge in [0.1, 0.15) is 6.54 Å². The first-order valence-corrected chi connectivity index (χ1v) is 13.9. The highest BCUT2D eigenvalue weighted by Crippen LogP contribution is 2.52. The minimum atomic E-state index is -4.54. The molecule has 0 heterocycles. The minimum absolute atomic E-state index is 0.0565. The van der Waals surface area contributed by atoms with Gasteiger partial charge < -0.3 is 19.4 Å². The van der Waals surface area contributed by atoms with Gasteiger partial charge in [0.15, 0.2) is 0 Å². The standard InChI is InChI=1S/C24H50NO4P/c1-5-6-7-8-9-10-11-12-13-14-15-16-17-18-19-20-21-22-24(26,30(27,28)29)23-25(2,3)4/h14-15,26H,5-13,16-23H2,1-4H3,(H-,27,28,29)/p+1/b15-14-. The number of allylic oxidation sites excluding steroid dienone is 2. The Bertz CT molecular complexity index is 484. The van der Waals surface area contributed by atoms with E-state index < -0.39 is 12.9 Å². The lowest BCUT2D eigenvalue weighted by molar-refractivity contribution is -0.875. The van der Waals surface area contributed by atoms with Gasteiger partial charge in [-0.3, -0.25) is 4.57 Å². The summed E-state index contributed by atoms with van der Waals surface area (Å²) in [6.07, 6.45) is 22.9. The maximum absolute atomic E-state index is 11.8. The van der Waals surface area contributed by atoms with Crippen molar-refractivity contribution in [1.29, 1.82) is 0 Å². The summed E-state index contributed by atoms with van der Waals surface area (Å²) in [5.74, 6) is 0. The molecule has 180 valence electrons. The molecule has 0 saturated heterocycles. The van der Waals surface area contributed by atoms with E-state index in [9.17, 15) is 19.5 Å². The highest BCUT2D eigenvalue weighted by molar-refractivity contribution is 7.53. The van der Waals surface area contributed by atoms with Crippen molar-refractivity contribution in [3.63, 3.8) is 0 Å². The van der Waals surface area contributed by atoms with Gasteiger partial charge in [0.2, 0.25) is 5.34 Å². The molecule has 1 unspecified atom stereocenters. The monoisotopic (exact) mass is 448 g/mol. The third kappa shape index (κ3) is 16.5. The fourth-order valence-electron chi connectivity index (χ4n) is 3.91. The topological polar surface area (TPSA) is 77.8 Å². The van der Waals surface area contributed by atoms with Crippen molar-refractivity contribution >= 4 is 7.60 Å². The molecule has 5 nitrogen and oxygen atoms in total. The Balaban J connectivity index is 3.68. The number of nitrogens with zero attached hydrogens (tertiary/aromatic N) is 1. The third-order valence-electron chi connectivity index (χ3n) is 5.61. The average molecular weight is 449 g/mol. The van der Waals surface area contributed by atoms with E-state index in [1.807, 2.05) is 21.1 Å². The van der Waals surface area contributed by atoms with E-state index in [0.29, 0.717) is 10.9 Å². The first kappa shape index (κ1) is 29.8. The normalized spacial score (nSPS) is 15.0. The third-order valence-corrected chi connectivity index (χ3v) is 7.06. The summed E-state index contributed by atoms with van der Waals surface area (Å²) in [5, 5.41) is 8.61. The Kier molecular flexibility index (Phi) is 16.3. The van der Waals surface area contributed by atoms with Crippen molar-refractivity contribution in [2.24, 2.45) is 0 Å². The van der Waals surface area contributed by atoms with Gasteiger partial charge in [0.25, 0.3) is 0 Å². The zero-order valence-corrected chi connectivity index (χ0v) is 21.2. The van der Waals surface area contributed by atoms with E-state index in [1.165, 1.54) is 57.8 Å². The summed E-state index contributed by atoms with van der Waals surface area (Å²) in [6.45, 7) is 2.32. The Labute approximate surface area is 186 Å². The van der Waals surface area contributed by atoms with E-state index in [0.717, 1.165) is 32.1 Å². The molecule has 0 aromatic rings. The second kappa shape index (κ2) is 16.4. The molecular weight excluding hydrogens is 397 g/mol. The van der Waals surface area contributed by atoms with E-state index in [1.54, 1.807) is 0 Å². The molecule has 1 atom stereocenters. The molecule has 0 saturated carbocycles. The minimum Gasteiger partial charge on any atom is -0.373 e. The molecule has 30 heavy (non-hydrogen) atoms. The molecule has 3 N–H and O–H groups in total. The highest BCUT2D eigenvalue weighted by Gasteiger charge is 2.48. The van der Waals surface area contributed by atoms with Crippen LogP contribution >= 0.6 is 7.60 Å². The largest absolute Gasteiger partial charge is 0.373 e. The van der Waals surface area contributed by atoms with Crippen LogP contribution in [0.3, 0.4) is 0 Å². The quantitative estimate of drug-likeness (QED) is 0.0874. The van der Waals surface area contributed by atoms with Crippen molar-refractivity contribution in [1.82, 2.24) is 0 Å². The van der Waals surface area contributed by atoms with E-state index in [4.69, 9.17) is 0 Å². The fourth-order valence-corrected chi connectivity index (χ4v) is 4.97. The second-order valence-electron chi connectivity index (χ2n) is 10.0. The van der Waals surface area contributed by atoms with Gasteiger partial charge in [-0.25, -0.2) is 0 Å². The summed E-state index contributed by atoms with van der Waals surface area (Å²) >= 11 is 0. The van der Waals surface area contributed by atoms with E-state index >= 15 is 0 Å². The lowest BCUT2D eigenvalue weighted by Gasteiger charge is -2.35. The van der Waals surface area contributed by atoms with Crippen LogP contribution in [0.5, 0.6) is 0 Å². The van der Waals surface area contributed by atoms with Crippen LogP contribution in [0.2, 0.25) is 0 Å². The lowest BCUT2D eigenvalue weighted by atomic mass is 10.1. The molecule has 0 radical (unpaired) electrons. The van der Waals surface area contributed by atoms with Crippen LogP contribution in [0.15, 0.2) is 12.2 Å². The molecule has 0 rings (SSSR count). The Morgan fingerprint density at radius 3 is 1.53 bits per heavy atom. The number of likely N-dealkylation sites (N-methyl/N-ethyl adjacent to an activating group) is 1. The first-order valence-electron chi connectivity index (χ1n) is 12.3. The smallest absolute Gasteiger partial charge is 0.362 e. The summed E-state index contributed by atoms with van der Waals surface area (Å²) in [6, 6.07) is 0. The molecule has 6 heteroatoms. The number of hydrogen-bond donors (Lipinski definition) is 3. The summed E-state index contributed by atoms with van der Waals surface area (Å²) in [5.41, 5.74) is 0. The predicted molar refractivity (Wildman–Crippen MR) is 129 cm³/mol. The molecule has 0 aliphatic rings. The predicted octanol–water partition coefficient (Wildman–Crippen LogP) is 6.38. The highest BCUT2D eigenvalue weighted by atomic mass is 31.2. The molecule has 0 fully saturated rings. The van der Waals surface area contributed by atoms with Crippen molar-refractivity contribution < 1.29 is 23.9 Å². The van der Waals surface area contributed by atoms with Gasteiger partial charge in [0.05, 0.1) is 21.1 Å². The van der Waals surface area contributed by atoms with Crippen LogP contribution < -0.4 is 0 Å². The maximum atomic E-state index is 11.8. The fraction of sp³-hybridized carbons (Fsp3) is 0.917. The zero-order valence-electron chi connectivity index (χ0n) is 20.3. The number of hydrogen-bond acceptors (Lipinski definition) is 2. The number of aliphatic hydroxyl groups is 1. The van der Waals surface area contributed by atoms with Gasteiger partial charge in [0, 0.05) is 0 Å². The van der Waals surface area contributed by atoms with Crippen LogP contribution in [0, 0.1) is 0 Å². The second-order valence-corrected chi connectivity index (χ2v) is 11.9. The maximum Gasteiger partial charge on any atom is 0.362 e. The van der Waals surface area contributed by atoms with Crippen LogP contribution in [0.4, 0.5) is 0 Å². The van der Waals surface area contributed by atoms with E-state index in [-0.39, 0.29) is 13.0 Å². The SMILES string of the molecule is CCCCCCCCCC/C=C\CCCCCCCC(O)(C[N+](C)(C)C)P(=O)(O)O. The van der Waals surface area contributed by atoms with Gasteiger partial charge in [-0.1, -0.05) is 83.3 Å². The van der Waals surface area contributed by atoms with Gasteiger partial charge in [-0.05, 0) is 38.5 Å². The molecule has 0 aliphatic heterocycles. The summed E-state index contributed by atoms with van der Waals surface area (Å²) < 4.78 is 12.1. The van der Waals surface area contributed by atoms with Crippen LogP contribution in [-0.2, 0) is 4.57 Å². The van der Waals surface area contributed by atoms with Crippen molar-refractivity contribution in [3.05, 3.63) is 12.2 Å². The molecule has 0 aromatic heterocycles. The summed E-state index contributed by atoms with van der Waals surface area (Å²) in [4.78, 5) is 19.2. The van der Waals surface area contributed by atoms with Gasteiger partial charge in [-0.2, -0.15) is 0 Å². The lowest BCUT2D eigenvalue weighted by Crippen LogP contribution is -2.49.